The van der Waals surface area contributed by atoms with Crippen LogP contribution in [-0.2, 0) is 10.0 Å². The number of rotatable bonds is 5. The number of anilines is 2. The van der Waals surface area contributed by atoms with Crippen LogP contribution in [0.1, 0.15) is 18.4 Å². The topological polar surface area (TPSA) is 124 Å². The number of benzene rings is 1. The predicted molar refractivity (Wildman–Crippen MR) is 114 cm³/mol. The van der Waals surface area contributed by atoms with Crippen molar-refractivity contribution in [2.75, 3.05) is 49.1 Å². The highest BCUT2D eigenvalue weighted by atomic mass is 32.2. The van der Waals surface area contributed by atoms with Crippen LogP contribution in [0.25, 0.3) is 0 Å². The fraction of sp³-hybridized carbons (Fsp3) is 0.400. The highest BCUT2D eigenvalue weighted by Gasteiger charge is 2.31. The first-order chi connectivity index (χ1) is 14.9. The zero-order valence-corrected chi connectivity index (χ0v) is 17.7. The Morgan fingerprint density at radius 1 is 1.00 bits per heavy atom. The number of pyridine rings is 1. The Hall–Kier alpha value is -3.23. The molecule has 0 spiro atoms. The van der Waals surface area contributed by atoms with Gasteiger partial charge < -0.3 is 9.80 Å². The average molecular weight is 443 g/mol. The fourth-order valence-corrected chi connectivity index (χ4v) is 5.53. The van der Waals surface area contributed by atoms with Crippen molar-refractivity contribution in [3.63, 3.8) is 0 Å². The van der Waals surface area contributed by atoms with Gasteiger partial charge in [-0.2, -0.15) is 9.57 Å². The third-order valence-electron chi connectivity index (χ3n) is 5.67. The molecular weight excluding hydrogens is 420 g/mol. The molecule has 162 valence electrons. The lowest BCUT2D eigenvalue weighted by molar-refractivity contribution is -0.384. The SMILES string of the molecule is N#Cc1ccnc(N2CCN(c3ccc(S(=O)(=O)N4CCCC4)cc3[N+](=O)[O-])CC2)c1. The third-order valence-corrected chi connectivity index (χ3v) is 7.56. The van der Waals surface area contributed by atoms with Crippen molar-refractivity contribution in [2.45, 2.75) is 17.7 Å². The molecule has 0 bridgehead atoms. The molecule has 0 atom stereocenters. The van der Waals surface area contributed by atoms with Crippen LogP contribution in [0.15, 0.2) is 41.4 Å². The summed E-state index contributed by atoms with van der Waals surface area (Å²) in [4.78, 5) is 19.4. The highest BCUT2D eigenvalue weighted by molar-refractivity contribution is 7.89. The molecule has 2 saturated heterocycles. The Balaban J connectivity index is 1.55. The first kappa shape index (κ1) is 21.0. The van der Waals surface area contributed by atoms with Crippen molar-refractivity contribution >= 4 is 27.2 Å². The van der Waals surface area contributed by atoms with Gasteiger partial charge in [-0.25, -0.2) is 13.4 Å². The van der Waals surface area contributed by atoms with Crippen LogP contribution in [0.3, 0.4) is 0 Å². The van der Waals surface area contributed by atoms with Crippen LogP contribution in [0.5, 0.6) is 0 Å². The smallest absolute Gasteiger partial charge is 0.293 e. The maximum absolute atomic E-state index is 12.8. The number of nitrogens with zero attached hydrogens (tertiary/aromatic N) is 6. The molecule has 1 aromatic heterocycles. The standard InChI is InChI=1S/C20H22N6O4S/c21-15-16-5-6-22-20(13-16)24-11-9-23(10-12-24)18-4-3-17(14-19(18)26(27)28)31(29,30)25-7-1-2-8-25/h3-6,13-14H,1-2,7-12H2. The normalized spacial score (nSPS) is 17.5. The summed E-state index contributed by atoms with van der Waals surface area (Å²) in [5.41, 5.74) is 0.722. The molecule has 2 fully saturated rings. The first-order valence-electron chi connectivity index (χ1n) is 10.0. The van der Waals surface area contributed by atoms with Gasteiger partial charge in [-0.1, -0.05) is 0 Å². The minimum atomic E-state index is -3.73. The van der Waals surface area contributed by atoms with Gasteiger partial charge in [0, 0.05) is 51.5 Å². The van der Waals surface area contributed by atoms with Gasteiger partial charge in [0.2, 0.25) is 10.0 Å². The van der Waals surface area contributed by atoms with Crippen molar-refractivity contribution in [2.24, 2.45) is 0 Å². The zero-order valence-electron chi connectivity index (χ0n) is 16.8. The van der Waals surface area contributed by atoms with Crippen LogP contribution in [-0.4, -0.2) is 61.9 Å². The van der Waals surface area contributed by atoms with Crippen LogP contribution in [0.4, 0.5) is 17.2 Å². The van der Waals surface area contributed by atoms with Gasteiger partial charge in [0.05, 0.1) is 21.5 Å². The van der Waals surface area contributed by atoms with Crippen molar-refractivity contribution in [1.82, 2.24) is 9.29 Å². The van der Waals surface area contributed by atoms with Gasteiger partial charge in [-0.05, 0) is 37.1 Å². The first-order valence-corrected chi connectivity index (χ1v) is 11.5. The van der Waals surface area contributed by atoms with E-state index in [1.165, 1.54) is 22.5 Å². The minimum Gasteiger partial charge on any atom is -0.362 e. The fourth-order valence-electron chi connectivity index (χ4n) is 3.99. The summed E-state index contributed by atoms with van der Waals surface area (Å²) >= 11 is 0. The van der Waals surface area contributed by atoms with Gasteiger partial charge >= 0.3 is 0 Å². The predicted octanol–water partition coefficient (Wildman–Crippen LogP) is 1.97. The van der Waals surface area contributed by atoms with E-state index in [0.29, 0.717) is 56.3 Å². The molecule has 10 nitrogen and oxygen atoms in total. The van der Waals surface area contributed by atoms with E-state index in [1.54, 1.807) is 18.3 Å². The summed E-state index contributed by atoms with van der Waals surface area (Å²) in [7, 11) is -3.73. The monoisotopic (exact) mass is 442 g/mol. The Bertz CT molecular complexity index is 1130. The molecule has 0 aliphatic carbocycles. The van der Waals surface area contributed by atoms with Gasteiger partial charge in [0.1, 0.15) is 11.5 Å². The molecule has 2 aliphatic rings. The Kier molecular flexibility index (Phi) is 5.75. The summed E-state index contributed by atoms with van der Waals surface area (Å²) in [6.07, 6.45) is 3.19. The molecule has 31 heavy (non-hydrogen) atoms. The number of hydrogen-bond acceptors (Lipinski definition) is 8. The van der Waals surface area contributed by atoms with Gasteiger partial charge in [-0.15, -0.1) is 0 Å². The summed E-state index contributed by atoms with van der Waals surface area (Å²) in [5, 5.41) is 20.8. The average Bonchev–Trinajstić information content (AvgIpc) is 3.35. The molecule has 0 amide bonds. The minimum absolute atomic E-state index is 0.0407. The molecule has 1 aromatic carbocycles. The van der Waals surface area contributed by atoms with E-state index in [9.17, 15) is 18.5 Å². The largest absolute Gasteiger partial charge is 0.362 e. The number of hydrogen-bond donors (Lipinski definition) is 0. The molecule has 11 heteroatoms. The number of nitro groups is 1. The van der Waals surface area contributed by atoms with Crippen LogP contribution in [0, 0.1) is 21.4 Å². The van der Waals surface area contributed by atoms with Gasteiger partial charge in [0.15, 0.2) is 0 Å². The van der Waals surface area contributed by atoms with Gasteiger partial charge in [0.25, 0.3) is 5.69 Å². The Labute approximate surface area is 180 Å². The van der Waals surface area contributed by atoms with Gasteiger partial charge in [-0.3, -0.25) is 10.1 Å². The number of aromatic nitrogens is 1. The molecule has 0 N–H and O–H groups in total. The molecule has 0 radical (unpaired) electrons. The quantitative estimate of drug-likeness (QED) is 0.509. The summed E-state index contributed by atoms with van der Waals surface area (Å²) in [5.74, 6) is 0.695. The second-order valence-corrected chi connectivity index (χ2v) is 9.45. The van der Waals surface area contributed by atoms with E-state index >= 15 is 0 Å². The second kappa shape index (κ2) is 8.49. The number of sulfonamides is 1. The molecule has 4 rings (SSSR count). The Morgan fingerprint density at radius 2 is 1.68 bits per heavy atom. The van der Waals surface area contributed by atoms with E-state index in [1.807, 2.05) is 9.80 Å². The third kappa shape index (κ3) is 4.17. The number of nitriles is 1. The summed E-state index contributed by atoms with van der Waals surface area (Å²) in [6.45, 7) is 3.07. The maximum Gasteiger partial charge on any atom is 0.293 e. The lowest BCUT2D eigenvalue weighted by Gasteiger charge is -2.36. The molecule has 0 saturated carbocycles. The van der Waals surface area contributed by atoms with Crippen molar-refractivity contribution in [3.8, 4) is 6.07 Å². The van der Waals surface area contributed by atoms with E-state index in [4.69, 9.17) is 5.26 Å². The second-order valence-electron chi connectivity index (χ2n) is 7.51. The molecule has 2 aromatic rings. The lowest BCUT2D eigenvalue weighted by Crippen LogP contribution is -2.47. The molecule has 0 unspecified atom stereocenters. The maximum atomic E-state index is 12.8. The Morgan fingerprint density at radius 3 is 2.32 bits per heavy atom. The number of piperazine rings is 1. The molecule has 3 heterocycles. The summed E-state index contributed by atoms with van der Waals surface area (Å²) < 4.78 is 27.0. The van der Waals surface area contributed by atoms with Crippen LogP contribution >= 0.6 is 0 Å². The van der Waals surface area contributed by atoms with E-state index in [2.05, 4.69) is 11.1 Å². The van der Waals surface area contributed by atoms with Crippen molar-refractivity contribution in [1.29, 1.82) is 5.26 Å². The van der Waals surface area contributed by atoms with Crippen molar-refractivity contribution in [3.05, 3.63) is 52.2 Å². The van der Waals surface area contributed by atoms with E-state index in [0.717, 1.165) is 12.8 Å². The van der Waals surface area contributed by atoms with Crippen LogP contribution < -0.4 is 9.80 Å². The van der Waals surface area contributed by atoms with E-state index < -0.39 is 14.9 Å². The number of nitro benzene ring substituents is 1. The summed E-state index contributed by atoms with van der Waals surface area (Å²) in [6, 6.07) is 9.62. The van der Waals surface area contributed by atoms with E-state index in [-0.39, 0.29) is 10.6 Å². The zero-order chi connectivity index (χ0) is 22.0. The lowest BCUT2D eigenvalue weighted by atomic mass is 10.2. The highest BCUT2D eigenvalue weighted by Crippen LogP contribution is 2.33. The molecule has 2 aliphatic heterocycles. The molecular formula is C20H22N6O4S. The van der Waals surface area contributed by atoms with Crippen molar-refractivity contribution < 1.29 is 13.3 Å². The van der Waals surface area contributed by atoms with Crippen LogP contribution in [0.2, 0.25) is 0 Å².